The molecule has 0 spiro atoms. The van der Waals surface area contributed by atoms with Crippen molar-refractivity contribution in [2.45, 2.75) is 38.9 Å². The molecule has 1 fully saturated rings. The van der Waals surface area contributed by atoms with Gasteiger partial charge in [-0.15, -0.1) is 11.3 Å². The molecule has 2 aromatic heterocycles. The fourth-order valence-electron chi connectivity index (χ4n) is 1.82. The van der Waals surface area contributed by atoms with E-state index in [4.69, 9.17) is 0 Å². The number of thiazole rings is 1. The van der Waals surface area contributed by atoms with Crippen molar-refractivity contribution in [1.29, 1.82) is 0 Å². The summed E-state index contributed by atoms with van der Waals surface area (Å²) in [6.07, 6.45) is 8.45. The third-order valence-electron chi connectivity index (χ3n) is 2.94. The summed E-state index contributed by atoms with van der Waals surface area (Å²) in [4.78, 5) is 9.80. The third-order valence-corrected chi connectivity index (χ3v) is 3.84. The van der Waals surface area contributed by atoms with E-state index < -0.39 is 0 Å². The minimum atomic E-state index is 0.740. The maximum atomic E-state index is 4.28. The van der Waals surface area contributed by atoms with Crippen LogP contribution in [0.3, 0.4) is 0 Å². The molecule has 90 valence electrons. The lowest BCUT2D eigenvalue weighted by molar-refractivity contribution is 0.636. The first-order valence-electron chi connectivity index (χ1n) is 5.95. The summed E-state index contributed by atoms with van der Waals surface area (Å²) in [5.41, 5.74) is 1.25. The van der Waals surface area contributed by atoms with E-state index in [1.165, 1.54) is 23.4 Å². The number of aromatic nitrogens is 3. The average molecular weight is 248 g/mol. The van der Waals surface area contributed by atoms with Crippen molar-refractivity contribution >= 4 is 11.3 Å². The van der Waals surface area contributed by atoms with Crippen LogP contribution >= 0.6 is 11.3 Å². The van der Waals surface area contributed by atoms with Gasteiger partial charge in [0.15, 0.2) is 0 Å². The first-order valence-corrected chi connectivity index (χ1v) is 6.76. The Hall–Kier alpha value is -1.20. The van der Waals surface area contributed by atoms with Gasteiger partial charge in [-0.1, -0.05) is 0 Å². The zero-order valence-electron chi connectivity index (χ0n) is 9.89. The lowest BCUT2D eigenvalue weighted by Crippen LogP contribution is -2.18. The van der Waals surface area contributed by atoms with E-state index in [1.807, 2.05) is 25.6 Å². The number of rotatable bonds is 5. The number of aryl methyl sites for hydroxylation is 1. The smallest absolute Gasteiger partial charge is 0.0952 e. The summed E-state index contributed by atoms with van der Waals surface area (Å²) in [5.74, 6) is 0. The SMILES string of the molecule is Cc1ncc(Cn2cncc2CNC2CC2)s1. The molecule has 0 aromatic carbocycles. The maximum Gasteiger partial charge on any atom is 0.0952 e. The molecule has 4 nitrogen and oxygen atoms in total. The Kier molecular flexibility index (Phi) is 2.94. The highest BCUT2D eigenvalue weighted by Crippen LogP contribution is 2.19. The molecule has 0 aliphatic heterocycles. The van der Waals surface area contributed by atoms with Gasteiger partial charge >= 0.3 is 0 Å². The van der Waals surface area contributed by atoms with E-state index in [0.29, 0.717) is 0 Å². The van der Waals surface area contributed by atoms with Crippen molar-refractivity contribution in [3.63, 3.8) is 0 Å². The predicted molar refractivity (Wildman–Crippen MR) is 68.0 cm³/mol. The first kappa shape index (κ1) is 10.9. The van der Waals surface area contributed by atoms with Crippen LogP contribution in [-0.2, 0) is 13.1 Å². The van der Waals surface area contributed by atoms with Crippen molar-refractivity contribution in [1.82, 2.24) is 19.9 Å². The Morgan fingerprint density at radius 1 is 1.47 bits per heavy atom. The molecule has 5 heteroatoms. The van der Waals surface area contributed by atoms with Gasteiger partial charge in [0.2, 0.25) is 0 Å². The molecule has 1 saturated carbocycles. The molecule has 0 radical (unpaired) electrons. The average Bonchev–Trinajstić information content (AvgIpc) is 2.90. The van der Waals surface area contributed by atoms with Crippen LogP contribution in [0.25, 0.3) is 0 Å². The lowest BCUT2D eigenvalue weighted by atomic mass is 10.4. The Bertz CT molecular complexity index is 498. The van der Waals surface area contributed by atoms with Crippen LogP contribution in [0.15, 0.2) is 18.7 Å². The molecule has 1 aliphatic rings. The van der Waals surface area contributed by atoms with Crippen molar-refractivity contribution in [3.8, 4) is 0 Å². The molecule has 17 heavy (non-hydrogen) atoms. The van der Waals surface area contributed by atoms with Gasteiger partial charge in [-0.3, -0.25) is 0 Å². The van der Waals surface area contributed by atoms with Gasteiger partial charge in [-0.25, -0.2) is 9.97 Å². The largest absolute Gasteiger partial charge is 0.328 e. The summed E-state index contributed by atoms with van der Waals surface area (Å²) >= 11 is 1.75. The second-order valence-electron chi connectivity index (χ2n) is 4.51. The Morgan fingerprint density at radius 2 is 2.35 bits per heavy atom. The molecule has 0 bridgehead atoms. The molecule has 3 rings (SSSR count). The van der Waals surface area contributed by atoms with Crippen LogP contribution in [-0.4, -0.2) is 20.6 Å². The predicted octanol–water partition coefficient (Wildman–Crippen LogP) is 1.95. The van der Waals surface area contributed by atoms with E-state index in [9.17, 15) is 0 Å². The topological polar surface area (TPSA) is 42.7 Å². The van der Waals surface area contributed by atoms with E-state index in [2.05, 4.69) is 19.9 Å². The number of hydrogen-bond acceptors (Lipinski definition) is 4. The number of imidazole rings is 1. The van der Waals surface area contributed by atoms with Gasteiger partial charge in [0.1, 0.15) is 0 Å². The van der Waals surface area contributed by atoms with E-state index in [0.717, 1.165) is 24.1 Å². The third kappa shape index (κ3) is 2.73. The van der Waals surface area contributed by atoms with Crippen molar-refractivity contribution in [3.05, 3.63) is 34.3 Å². The normalized spacial score (nSPS) is 15.4. The minimum absolute atomic E-state index is 0.740. The van der Waals surface area contributed by atoms with Gasteiger partial charge in [0.25, 0.3) is 0 Å². The standard InChI is InChI=1S/C12H16N4S/c1-9-14-6-12(17-9)7-16-8-13-4-11(16)5-15-10-2-3-10/h4,6,8,10,15H,2-3,5,7H2,1H3. The Morgan fingerprint density at radius 3 is 3.06 bits per heavy atom. The summed E-state index contributed by atoms with van der Waals surface area (Å²) < 4.78 is 2.20. The van der Waals surface area contributed by atoms with Crippen LogP contribution in [0.1, 0.15) is 28.4 Å². The quantitative estimate of drug-likeness (QED) is 0.879. The number of hydrogen-bond donors (Lipinski definition) is 1. The maximum absolute atomic E-state index is 4.28. The summed E-state index contributed by atoms with van der Waals surface area (Å²) in [6.45, 7) is 3.84. The van der Waals surface area contributed by atoms with E-state index >= 15 is 0 Å². The van der Waals surface area contributed by atoms with Gasteiger partial charge in [-0.2, -0.15) is 0 Å². The van der Waals surface area contributed by atoms with Gasteiger partial charge in [0.05, 0.1) is 23.6 Å². The molecule has 0 saturated heterocycles. The van der Waals surface area contributed by atoms with Crippen molar-refractivity contribution in [2.24, 2.45) is 0 Å². The van der Waals surface area contributed by atoms with Crippen LogP contribution in [0.5, 0.6) is 0 Å². The molecular formula is C12H16N4S. The van der Waals surface area contributed by atoms with E-state index in [1.54, 1.807) is 11.3 Å². The molecule has 2 heterocycles. The van der Waals surface area contributed by atoms with Gasteiger partial charge in [0, 0.05) is 29.9 Å². The highest BCUT2D eigenvalue weighted by molar-refractivity contribution is 7.11. The molecule has 2 aromatic rings. The fourth-order valence-corrected chi connectivity index (χ4v) is 2.61. The molecule has 1 N–H and O–H groups in total. The zero-order chi connectivity index (χ0) is 11.7. The summed E-state index contributed by atoms with van der Waals surface area (Å²) in [6, 6.07) is 0.740. The van der Waals surface area contributed by atoms with Crippen LogP contribution in [0.4, 0.5) is 0 Å². The van der Waals surface area contributed by atoms with E-state index in [-0.39, 0.29) is 0 Å². The first-order chi connectivity index (χ1) is 8.31. The van der Waals surface area contributed by atoms with Crippen LogP contribution in [0, 0.1) is 6.92 Å². The van der Waals surface area contributed by atoms with Crippen LogP contribution in [0.2, 0.25) is 0 Å². The second-order valence-corrected chi connectivity index (χ2v) is 5.83. The molecule has 0 amide bonds. The van der Waals surface area contributed by atoms with Crippen LogP contribution < -0.4 is 5.32 Å². The lowest BCUT2D eigenvalue weighted by Gasteiger charge is -2.07. The Balaban J connectivity index is 1.67. The van der Waals surface area contributed by atoms with Gasteiger partial charge in [-0.05, 0) is 19.8 Å². The van der Waals surface area contributed by atoms with Crippen molar-refractivity contribution < 1.29 is 0 Å². The number of nitrogens with one attached hydrogen (secondary N) is 1. The fraction of sp³-hybridized carbons (Fsp3) is 0.500. The highest BCUT2D eigenvalue weighted by Gasteiger charge is 2.20. The molecule has 1 aliphatic carbocycles. The highest BCUT2D eigenvalue weighted by atomic mass is 32.1. The van der Waals surface area contributed by atoms with Crippen molar-refractivity contribution in [2.75, 3.05) is 0 Å². The molecule has 0 unspecified atom stereocenters. The zero-order valence-corrected chi connectivity index (χ0v) is 10.7. The molecular weight excluding hydrogens is 232 g/mol. The van der Waals surface area contributed by atoms with Gasteiger partial charge < -0.3 is 9.88 Å². The minimum Gasteiger partial charge on any atom is -0.328 e. The monoisotopic (exact) mass is 248 g/mol. The summed E-state index contributed by atoms with van der Waals surface area (Å²) in [7, 11) is 0. The second kappa shape index (κ2) is 4.58. The molecule has 0 atom stereocenters. The number of nitrogens with zero attached hydrogens (tertiary/aromatic N) is 3. The Labute approximate surface area is 105 Å². The summed E-state index contributed by atoms with van der Waals surface area (Å²) in [5, 5.41) is 4.64.